The van der Waals surface area contributed by atoms with Crippen molar-refractivity contribution < 1.29 is 14.7 Å². The highest BCUT2D eigenvalue weighted by Gasteiger charge is 2.14. The summed E-state index contributed by atoms with van der Waals surface area (Å²) < 4.78 is 0. The predicted octanol–water partition coefficient (Wildman–Crippen LogP) is -0.121. The van der Waals surface area contributed by atoms with Crippen LogP contribution in [0, 0.1) is 11.3 Å². The van der Waals surface area contributed by atoms with E-state index in [4.69, 9.17) is 10.4 Å². The second-order valence-corrected chi connectivity index (χ2v) is 2.23. The van der Waals surface area contributed by atoms with Gasteiger partial charge in [0.2, 0.25) is 6.41 Å². The summed E-state index contributed by atoms with van der Waals surface area (Å²) in [5.41, 5.74) is 0. The maximum absolute atomic E-state index is 10.4. The molecule has 0 heterocycles. The lowest BCUT2D eigenvalue weighted by atomic mass is 10.1. The Hall–Kier alpha value is -1.57. The summed E-state index contributed by atoms with van der Waals surface area (Å²) in [6.45, 7) is 0. The molecule has 1 amide bonds. The Morgan fingerprint density at radius 2 is 2.42 bits per heavy atom. The fraction of sp³-hybridized carbons (Fsp3) is 0.571. The van der Waals surface area contributed by atoms with E-state index in [1.807, 2.05) is 6.07 Å². The van der Waals surface area contributed by atoms with Gasteiger partial charge in [-0.25, -0.2) is 4.79 Å². The third-order valence-electron chi connectivity index (χ3n) is 1.35. The highest BCUT2D eigenvalue weighted by molar-refractivity contribution is 5.76. The average Bonchev–Trinajstić information content (AvgIpc) is 2.03. The maximum Gasteiger partial charge on any atom is 0.326 e. The Labute approximate surface area is 70.0 Å². The quantitative estimate of drug-likeness (QED) is 0.429. The smallest absolute Gasteiger partial charge is 0.326 e. The van der Waals surface area contributed by atoms with Crippen LogP contribution in [0.3, 0.4) is 0 Å². The number of nitrogens with zero attached hydrogens (tertiary/aromatic N) is 1. The van der Waals surface area contributed by atoms with Gasteiger partial charge in [-0.3, -0.25) is 4.79 Å². The first-order chi connectivity index (χ1) is 5.72. The molecule has 0 aromatic rings. The van der Waals surface area contributed by atoms with Gasteiger partial charge < -0.3 is 10.4 Å². The zero-order valence-electron chi connectivity index (χ0n) is 6.49. The van der Waals surface area contributed by atoms with Crippen LogP contribution in [0.2, 0.25) is 0 Å². The summed E-state index contributed by atoms with van der Waals surface area (Å²) >= 11 is 0. The number of nitrogens with one attached hydrogen (secondary N) is 1. The van der Waals surface area contributed by atoms with Gasteiger partial charge in [0.05, 0.1) is 6.07 Å². The highest BCUT2D eigenvalue weighted by atomic mass is 16.4. The zero-order valence-corrected chi connectivity index (χ0v) is 6.49. The fourth-order valence-corrected chi connectivity index (χ4v) is 0.745. The van der Waals surface area contributed by atoms with Crippen molar-refractivity contribution >= 4 is 12.4 Å². The summed E-state index contributed by atoms with van der Waals surface area (Å²) in [6.07, 6.45) is 1.44. The molecule has 0 radical (unpaired) electrons. The van der Waals surface area contributed by atoms with E-state index in [0.29, 0.717) is 25.7 Å². The van der Waals surface area contributed by atoms with E-state index in [-0.39, 0.29) is 0 Å². The van der Waals surface area contributed by atoms with E-state index in [2.05, 4.69) is 5.32 Å². The summed E-state index contributed by atoms with van der Waals surface area (Å²) in [7, 11) is 0. The van der Waals surface area contributed by atoms with E-state index in [1.165, 1.54) is 0 Å². The Bertz CT molecular complexity index is 197. The minimum Gasteiger partial charge on any atom is -0.480 e. The van der Waals surface area contributed by atoms with E-state index >= 15 is 0 Å². The lowest BCUT2D eigenvalue weighted by Crippen LogP contribution is -2.35. The highest BCUT2D eigenvalue weighted by Crippen LogP contribution is 1.99. The SMILES string of the molecule is N#CCCCC(NC=O)C(=O)O. The Balaban J connectivity index is 3.72. The monoisotopic (exact) mass is 170 g/mol. The fourth-order valence-electron chi connectivity index (χ4n) is 0.745. The third kappa shape index (κ3) is 4.28. The number of aliphatic carboxylic acids is 1. The van der Waals surface area contributed by atoms with E-state index < -0.39 is 12.0 Å². The molecule has 0 fully saturated rings. The second-order valence-electron chi connectivity index (χ2n) is 2.23. The molecule has 0 aliphatic heterocycles. The van der Waals surface area contributed by atoms with Crippen molar-refractivity contribution in [3.05, 3.63) is 0 Å². The number of hydrogen-bond acceptors (Lipinski definition) is 3. The van der Waals surface area contributed by atoms with Gasteiger partial charge in [-0.15, -0.1) is 0 Å². The number of hydrogen-bond donors (Lipinski definition) is 2. The first-order valence-corrected chi connectivity index (χ1v) is 3.51. The van der Waals surface area contributed by atoms with Gasteiger partial charge in [-0.05, 0) is 12.8 Å². The number of carbonyl (C=O) groups is 2. The molecule has 0 aliphatic rings. The lowest BCUT2D eigenvalue weighted by Gasteiger charge is -2.08. The minimum absolute atomic E-state index is 0.293. The standard InChI is InChI=1S/C7H10N2O3/c8-4-2-1-3-6(7(11)12)9-5-10/h5-6H,1-3H2,(H,9,10)(H,11,12). The number of rotatable bonds is 6. The van der Waals surface area contributed by atoms with Gasteiger partial charge in [0.1, 0.15) is 6.04 Å². The van der Waals surface area contributed by atoms with Crippen molar-refractivity contribution in [2.75, 3.05) is 0 Å². The Kier molecular flexibility index (Phi) is 5.35. The van der Waals surface area contributed by atoms with Crippen LogP contribution in [-0.2, 0) is 9.59 Å². The van der Waals surface area contributed by atoms with E-state index in [1.54, 1.807) is 0 Å². The minimum atomic E-state index is -1.07. The molecule has 0 spiro atoms. The molecule has 0 aliphatic carbocycles. The van der Waals surface area contributed by atoms with Crippen molar-refractivity contribution in [2.24, 2.45) is 0 Å². The molecular formula is C7H10N2O3. The number of unbranched alkanes of at least 4 members (excludes halogenated alkanes) is 1. The number of carboxylic acid groups (broad SMARTS) is 1. The molecule has 5 nitrogen and oxygen atoms in total. The summed E-state index contributed by atoms with van der Waals surface area (Å²) in [4.78, 5) is 20.3. The molecule has 1 unspecified atom stereocenters. The first-order valence-electron chi connectivity index (χ1n) is 3.51. The first kappa shape index (κ1) is 10.4. The van der Waals surface area contributed by atoms with Crippen LogP contribution >= 0.6 is 0 Å². The summed E-state index contributed by atoms with van der Waals surface area (Å²) in [6, 6.07) is 1.03. The van der Waals surface area contributed by atoms with E-state index in [0.717, 1.165) is 0 Å². The molecule has 1 atom stereocenters. The van der Waals surface area contributed by atoms with Crippen LogP contribution in [0.25, 0.3) is 0 Å². The van der Waals surface area contributed by atoms with Gasteiger partial charge in [-0.2, -0.15) is 5.26 Å². The van der Waals surface area contributed by atoms with Gasteiger partial charge in [-0.1, -0.05) is 0 Å². The Morgan fingerprint density at radius 1 is 1.75 bits per heavy atom. The normalized spacial score (nSPS) is 11.2. The number of carbonyl (C=O) groups excluding carboxylic acids is 1. The average molecular weight is 170 g/mol. The van der Waals surface area contributed by atoms with Crippen molar-refractivity contribution in [2.45, 2.75) is 25.3 Å². The summed E-state index contributed by atoms with van der Waals surface area (Å²) in [5, 5.41) is 18.8. The molecule has 0 saturated carbocycles. The van der Waals surface area contributed by atoms with Crippen LogP contribution in [0.15, 0.2) is 0 Å². The van der Waals surface area contributed by atoms with Crippen LogP contribution in [-0.4, -0.2) is 23.5 Å². The number of carboxylic acids is 1. The van der Waals surface area contributed by atoms with Gasteiger partial charge >= 0.3 is 5.97 Å². The largest absolute Gasteiger partial charge is 0.480 e. The second kappa shape index (κ2) is 6.16. The lowest BCUT2D eigenvalue weighted by molar-refractivity contribution is -0.140. The third-order valence-corrected chi connectivity index (χ3v) is 1.35. The van der Waals surface area contributed by atoms with Crippen LogP contribution in [0.5, 0.6) is 0 Å². The van der Waals surface area contributed by atoms with Gasteiger partial charge in [0.25, 0.3) is 0 Å². The molecule has 0 rings (SSSR count). The van der Waals surface area contributed by atoms with Crippen molar-refractivity contribution in [1.82, 2.24) is 5.32 Å². The molecule has 0 saturated heterocycles. The van der Waals surface area contributed by atoms with Crippen molar-refractivity contribution in [1.29, 1.82) is 5.26 Å². The molecule has 0 aromatic carbocycles. The summed E-state index contributed by atoms with van der Waals surface area (Å²) in [5.74, 6) is -1.07. The molecule has 66 valence electrons. The molecule has 0 bridgehead atoms. The van der Waals surface area contributed by atoms with Gasteiger partial charge in [0, 0.05) is 6.42 Å². The molecule has 12 heavy (non-hydrogen) atoms. The van der Waals surface area contributed by atoms with E-state index in [9.17, 15) is 9.59 Å². The molecule has 2 N–H and O–H groups in total. The van der Waals surface area contributed by atoms with Crippen LogP contribution in [0.1, 0.15) is 19.3 Å². The molecular weight excluding hydrogens is 160 g/mol. The number of nitriles is 1. The van der Waals surface area contributed by atoms with Crippen LogP contribution in [0.4, 0.5) is 0 Å². The zero-order chi connectivity index (χ0) is 9.40. The topological polar surface area (TPSA) is 90.2 Å². The molecule has 0 aromatic heterocycles. The maximum atomic E-state index is 10.4. The van der Waals surface area contributed by atoms with Gasteiger partial charge in [0.15, 0.2) is 0 Å². The van der Waals surface area contributed by atoms with Crippen molar-refractivity contribution in [3.8, 4) is 6.07 Å². The predicted molar refractivity (Wildman–Crippen MR) is 40.1 cm³/mol. The number of amides is 1. The molecule has 5 heteroatoms. The van der Waals surface area contributed by atoms with Crippen molar-refractivity contribution in [3.63, 3.8) is 0 Å². The Morgan fingerprint density at radius 3 is 2.83 bits per heavy atom. The van der Waals surface area contributed by atoms with Crippen LogP contribution < -0.4 is 5.32 Å².